The molecule has 12 nitrogen and oxygen atoms in total. The van der Waals surface area contributed by atoms with Crippen LogP contribution in [0.1, 0.15) is 97.4 Å². The van der Waals surface area contributed by atoms with Crippen molar-refractivity contribution in [2.45, 2.75) is 67.2 Å². The van der Waals surface area contributed by atoms with Gasteiger partial charge in [0, 0.05) is 11.1 Å². The molecule has 0 heterocycles. The van der Waals surface area contributed by atoms with E-state index in [4.69, 9.17) is 41.8 Å². The van der Waals surface area contributed by atoms with Crippen molar-refractivity contribution in [3.05, 3.63) is 172 Å². The number of carbonyl (C=O) groups is 3. The van der Waals surface area contributed by atoms with E-state index in [-0.39, 0.29) is 0 Å². The van der Waals surface area contributed by atoms with Gasteiger partial charge in [-0.2, -0.15) is 0 Å². The Morgan fingerprint density at radius 1 is 0.577 bits per heavy atom. The van der Waals surface area contributed by atoms with Gasteiger partial charge < -0.3 is 18.7 Å². The van der Waals surface area contributed by atoms with Gasteiger partial charge in [-0.15, -0.1) is 0 Å². The van der Waals surface area contributed by atoms with E-state index in [1.165, 1.54) is 48.6 Å². The van der Waals surface area contributed by atoms with Gasteiger partial charge in [0.15, 0.2) is 11.5 Å². The van der Waals surface area contributed by atoms with Crippen LogP contribution in [0.4, 0.5) is 0 Å². The van der Waals surface area contributed by atoms with Crippen LogP contribution in [0.15, 0.2) is 138 Å². The third-order valence-corrected chi connectivity index (χ3v) is 13.6. The zero-order valence-corrected chi connectivity index (χ0v) is 47.2. The largest absolute Gasteiger partial charge is 0.501 e. The maximum atomic E-state index is 11.3. The van der Waals surface area contributed by atoms with Crippen LogP contribution >= 0.6 is 16.8 Å². The van der Waals surface area contributed by atoms with Crippen LogP contribution in [-0.4, -0.2) is 64.2 Å². The molecule has 6 rings (SSSR count). The van der Waals surface area contributed by atoms with E-state index in [1.807, 2.05) is 70.8 Å². The van der Waals surface area contributed by atoms with Crippen molar-refractivity contribution >= 4 is 39.5 Å². The molecular weight excluding hydrogens is 1110 g/mol. The summed E-state index contributed by atoms with van der Waals surface area (Å²) in [4.78, 5) is 33.2. The Hall–Kier alpha value is -6.05. The summed E-state index contributed by atoms with van der Waals surface area (Å²) in [5.74, 6) is 4.92. The van der Waals surface area contributed by atoms with E-state index in [0.717, 1.165) is 49.2 Å². The van der Waals surface area contributed by atoms with Crippen LogP contribution in [0.2, 0.25) is 0 Å². The number of carbonyl (C=O) groups excluding carboxylic acids is 3. The van der Waals surface area contributed by atoms with Gasteiger partial charge in [-0.05, 0) is 43.1 Å². The maximum Gasteiger partial charge on any atom is 0.161 e. The van der Waals surface area contributed by atoms with Crippen LogP contribution in [0.3, 0.4) is 0 Å². The molecular formula is C56H66O12P2W. The summed E-state index contributed by atoms with van der Waals surface area (Å²) >= 11 is 1.33. The minimum absolute atomic E-state index is 0.347. The molecule has 1 aliphatic carbocycles. The SMILES string of the molecule is CC.CC.CCCc1ccccc1[C](=[W])c1ccccc1OP(Oc1ccc(C=O)cc1OC)Oc1ccc(CC)cc1OC.COC1=CC(C=O)=CC=C(OP(C)COc2ccc(C=O)cc2OC)C1. The zero-order chi connectivity index (χ0) is 52.1. The molecule has 378 valence electrons. The van der Waals surface area contributed by atoms with Crippen molar-refractivity contribution in [2.75, 3.05) is 41.5 Å². The van der Waals surface area contributed by atoms with E-state index >= 15 is 0 Å². The third-order valence-electron chi connectivity index (χ3n) is 9.93. The molecule has 0 aliphatic heterocycles. The van der Waals surface area contributed by atoms with Crippen molar-refractivity contribution in [1.29, 1.82) is 0 Å². The van der Waals surface area contributed by atoms with Gasteiger partial charge in [-0.25, -0.2) is 0 Å². The average Bonchev–Trinajstić information content (AvgIpc) is 3.63. The molecule has 5 aromatic rings. The molecule has 0 N–H and O–H groups in total. The second-order valence-corrected chi connectivity index (χ2v) is 18.7. The molecule has 5 aromatic carbocycles. The van der Waals surface area contributed by atoms with Crippen molar-refractivity contribution in [3.63, 3.8) is 0 Å². The number of rotatable bonds is 23. The number of aryl methyl sites for hydroxylation is 2. The van der Waals surface area contributed by atoms with Crippen LogP contribution in [0.5, 0.6) is 40.2 Å². The van der Waals surface area contributed by atoms with E-state index in [2.05, 4.69) is 44.2 Å². The topological polar surface area (TPSA) is 134 Å². The Balaban J connectivity index is 0.000000382. The summed E-state index contributed by atoms with van der Waals surface area (Å²) in [7, 11) is 3.25. The number of methoxy groups -OCH3 is 4. The van der Waals surface area contributed by atoms with Crippen molar-refractivity contribution in [1.82, 2.24) is 0 Å². The van der Waals surface area contributed by atoms with Crippen LogP contribution < -0.4 is 32.5 Å². The van der Waals surface area contributed by atoms with Gasteiger partial charge in [-0.1, -0.05) is 27.7 Å². The summed E-state index contributed by atoms with van der Waals surface area (Å²) in [6, 6.07) is 32.2. The van der Waals surface area contributed by atoms with E-state index < -0.39 is 16.8 Å². The van der Waals surface area contributed by atoms with E-state index in [9.17, 15) is 14.4 Å². The quantitative estimate of drug-likeness (QED) is 0.0455. The molecule has 1 aliphatic rings. The smallest absolute Gasteiger partial charge is 0.161 e. The summed E-state index contributed by atoms with van der Waals surface area (Å²) in [6.07, 6.45) is 11.2. The molecule has 0 bridgehead atoms. The molecule has 0 amide bonds. The van der Waals surface area contributed by atoms with Gasteiger partial charge in [0.25, 0.3) is 0 Å². The summed E-state index contributed by atoms with van der Waals surface area (Å²) in [5, 5.41) is 0. The van der Waals surface area contributed by atoms with Crippen molar-refractivity contribution in [2.24, 2.45) is 0 Å². The fourth-order valence-corrected chi connectivity index (χ4v) is 9.76. The van der Waals surface area contributed by atoms with Gasteiger partial charge in [0.2, 0.25) is 0 Å². The monoisotopic (exact) mass is 1180 g/mol. The van der Waals surface area contributed by atoms with E-state index in [1.54, 1.807) is 68.8 Å². The molecule has 0 aromatic heterocycles. The normalized spacial score (nSPS) is 12.1. The first kappa shape index (κ1) is 59.3. The molecule has 0 fully saturated rings. The molecule has 15 heteroatoms. The maximum absolute atomic E-state index is 11.3. The number of hydrogen-bond acceptors (Lipinski definition) is 12. The standard InChI is InChI=1S/C33H33O6P.C19H21O6P.2C2H6.W/c1-5-11-26-12-7-8-13-27(26)22-28-14-9-10-15-29(28)37-40(38-30-18-16-24(6-2)20-32(30)35-3)39-31-19-17-25(23-34)21-33(31)36-4;1-22-17-8-14(11-20)4-6-16(10-17)25-26(3)13-24-18-7-5-15(12-21)9-19(18)23-2;2*1-2;/h7-10,12-21,23H,5-6,11H2,1-4H3;4-9,11-12H,10,13H2,1-3H3;2*1-2H3;. The predicted octanol–water partition coefficient (Wildman–Crippen LogP) is 13.8. The van der Waals surface area contributed by atoms with Crippen molar-refractivity contribution in [3.8, 4) is 40.2 Å². The minimum Gasteiger partial charge on any atom is -0.501 e. The Morgan fingerprint density at radius 2 is 1.13 bits per heavy atom. The molecule has 0 saturated heterocycles. The fraction of sp³-hybridized carbons (Fsp3) is 0.286. The van der Waals surface area contributed by atoms with Gasteiger partial charge >= 0.3 is 255 Å². The Morgan fingerprint density at radius 3 is 1.70 bits per heavy atom. The number of para-hydroxylation sites is 1. The first-order valence-corrected chi connectivity index (χ1v) is 27.7. The first-order valence-electron chi connectivity index (χ1n) is 23.2. The Labute approximate surface area is 433 Å². The molecule has 2 unspecified atom stereocenters. The Kier molecular flexibility index (Phi) is 27.3. The van der Waals surface area contributed by atoms with Gasteiger partial charge in [-0.3, -0.25) is 9.59 Å². The second-order valence-electron chi connectivity index (χ2n) is 14.5. The number of ether oxygens (including phenoxy) is 5. The third kappa shape index (κ3) is 18.3. The zero-order valence-electron chi connectivity index (χ0n) is 42.5. The van der Waals surface area contributed by atoms with E-state index in [0.29, 0.717) is 81.2 Å². The summed E-state index contributed by atoms with van der Waals surface area (Å²) in [6.45, 7) is 14.2. The number of benzene rings is 5. The predicted molar refractivity (Wildman–Crippen MR) is 282 cm³/mol. The summed E-state index contributed by atoms with van der Waals surface area (Å²) in [5.41, 5.74) is 6.14. The van der Waals surface area contributed by atoms with Gasteiger partial charge in [0.05, 0.1) is 20.6 Å². The van der Waals surface area contributed by atoms with Crippen LogP contribution in [0.25, 0.3) is 0 Å². The van der Waals surface area contributed by atoms with Gasteiger partial charge in [0.1, 0.15) is 38.6 Å². The molecule has 2 atom stereocenters. The summed E-state index contributed by atoms with van der Waals surface area (Å²) < 4.78 is 53.8. The van der Waals surface area contributed by atoms with Crippen molar-refractivity contribution < 1.29 is 75.5 Å². The number of allylic oxidation sites excluding steroid dienone is 4. The average molecular weight is 1180 g/mol. The molecule has 71 heavy (non-hydrogen) atoms. The first-order chi connectivity index (χ1) is 34.6. The number of aldehydes is 3. The Bertz CT molecular complexity index is 2590. The fourth-order valence-electron chi connectivity index (χ4n) is 6.48. The van der Waals surface area contributed by atoms with Crippen LogP contribution in [-0.2, 0) is 46.3 Å². The minimum atomic E-state index is -2.04. The second kappa shape index (κ2) is 32.8. The number of hydrogen-bond donors (Lipinski definition) is 0. The molecule has 0 spiro atoms. The molecule has 0 radical (unpaired) electrons. The van der Waals surface area contributed by atoms with Crippen LogP contribution in [0, 0.1) is 0 Å². The molecule has 0 saturated carbocycles.